The Morgan fingerprint density at radius 2 is 2.16 bits per heavy atom. The normalized spacial score (nSPS) is 30.7. The van der Waals surface area contributed by atoms with Crippen LogP contribution in [0.2, 0.25) is 0 Å². The molecule has 3 aliphatic heterocycles. The minimum Gasteiger partial charge on any atom is -0.326 e. The number of sulfonamides is 1. The fourth-order valence-corrected chi connectivity index (χ4v) is 5.49. The van der Waals surface area contributed by atoms with Crippen LogP contribution in [0.3, 0.4) is 0 Å². The van der Waals surface area contributed by atoms with Crippen LogP contribution in [0.1, 0.15) is 18.4 Å². The summed E-state index contributed by atoms with van der Waals surface area (Å²) in [6, 6.07) is 1.74. The molecule has 0 amide bonds. The lowest BCUT2D eigenvalue weighted by atomic mass is 9.85. The van der Waals surface area contributed by atoms with E-state index in [9.17, 15) is 8.42 Å². The molecule has 1 aromatic heterocycles. The van der Waals surface area contributed by atoms with E-state index < -0.39 is 10.0 Å². The third-order valence-corrected chi connectivity index (χ3v) is 7.07. The number of fused-ring (bicyclic) bond motifs is 3. The number of nitrogens with two attached hydrogens (primary N) is 1. The van der Waals surface area contributed by atoms with E-state index in [2.05, 4.69) is 9.62 Å². The predicted octanol–water partition coefficient (Wildman–Crippen LogP) is 0.579. The summed E-state index contributed by atoms with van der Waals surface area (Å²) in [7, 11) is -3.39. The zero-order valence-corrected chi connectivity index (χ0v) is 12.3. The van der Waals surface area contributed by atoms with Crippen molar-refractivity contribution in [1.82, 2.24) is 9.62 Å². The Morgan fingerprint density at radius 1 is 1.42 bits per heavy atom. The average Bonchev–Trinajstić information content (AvgIpc) is 2.89. The minimum absolute atomic E-state index is 0.0657. The summed E-state index contributed by atoms with van der Waals surface area (Å²) in [5.41, 5.74) is 6.40. The molecule has 1 aromatic rings. The van der Waals surface area contributed by atoms with Crippen molar-refractivity contribution in [2.45, 2.75) is 29.6 Å². The zero-order valence-electron chi connectivity index (χ0n) is 10.7. The first kappa shape index (κ1) is 13.5. The third-order valence-electron chi connectivity index (χ3n) is 4.09. The Morgan fingerprint density at radius 3 is 2.68 bits per heavy atom. The molecule has 3 N–H and O–H groups in total. The van der Waals surface area contributed by atoms with Crippen molar-refractivity contribution in [3.63, 3.8) is 0 Å². The summed E-state index contributed by atoms with van der Waals surface area (Å²) in [5, 5.41) is 1.81. The lowest BCUT2D eigenvalue weighted by Crippen LogP contribution is -2.57. The topological polar surface area (TPSA) is 75.4 Å². The number of nitrogens with zero attached hydrogens (tertiary/aromatic N) is 1. The summed E-state index contributed by atoms with van der Waals surface area (Å²) in [6.45, 7) is 3.45. The van der Waals surface area contributed by atoms with Crippen LogP contribution in [-0.4, -0.2) is 39.0 Å². The van der Waals surface area contributed by atoms with E-state index in [-0.39, 0.29) is 6.04 Å². The van der Waals surface area contributed by atoms with Gasteiger partial charge in [-0.2, -0.15) is 0 Å². The molecule has 2 bridgehead atoms. The molecule has 0 saturated carbocycles. The number of nitrogens with one attached hydrogen (secondary N) is 1. The van der Waals surface area contributed by atoms with Crippen LogP contribution in [-0.2, 0) is 16.6 Å². The highest BCUT2D eigenvalue weighted by Crippen LogP contribution is 2.29. The van der Waals surface area contributed by atoms with Gasteiger partial charge in [0.25, 0.3) is 0 Å². The molecular weight excluding hydrogens is 282 g/mol. The van der Waals surface area contributed by atoms with Crippen LogP contribution in [0.25, 0.3) is 0 Å². The van der Waals surface area contributed by atoms with Crippen LogP contribution >= 0.6 is 11.3 Å². The summed E-state index contributed by atoms with van der Waals surface area (Å²) >= 11 is 1.25. The molecule has 106 valence electrons. The van der Waals surface area contributed by atoms with Crippen molar-refractivity contribution in [1.29, 1.82) is 0 Å². The van der Waals surface area contributed by atoms with E-state index >= 15 is 0 Å². The van der Waals surface area contributed by atoms with Gasteiger partial charge in [0.2, 0.25) is 10.0 Å². The van der Waals surface area contributed by atoms with Crippen LogP contribution in [0.4, 0.5) is 0 Å². The van der Waals surface area contributed by atoms with Gasteiger partial charge in [0.15, 0.2) is 0 Å². The average molecular weight is 301 g/mol. The summed E-state index contributed by atoms with van der Waals surface area (Å²) in [4.78, 5) is 2.34. The molecular formula is C12H19N3O2S2. The number of piperidine rings is 3. The van der Waals surface area contributed by atoms with E-state index in [1.807, 2.05) is 5.38 Å². The van der Waals surface area contributed by atoms with Gasteiger partial charge in [-0.05, 0) is 48.9 Å². The molecule has 3 fully saturated rings. The first-order valence-electron chi connectivity index (χ1n) is 6.60. The van der Waals surface area contributed by atoms with Crippen molar-refractivity contribution >= 4 is 21.4 Å². The van der Waals surface area contributed by atoms with Gasteiger partial charge in [-0.15, -0.1) is 11.3 Å². The first-order chi connectivity index (χ1) is 9.08. The van der Waals surface area contributed by atoms with Crippen molar-refractivity contribution in [2.75, 3.05) is 19.6 Å². The smallest absolute Gasteiger partial charge is 0.250 e. The van der Waals surface area contributed by atoms with Crippen molar-refractivity contribution in [3.8, 4) is 0 Å². The van der Waals surface area contributed by atoms with E-state index in [0.29, 0.717) is 16.7 Å². The highest BCUT2D eigenvalue weighted by Gasteiger charge is 2.36. The van der Waals surface area contributed by atoms with E-state index in [1.54, 1.807) is 6.07 Å². The van der Waals surface area contributed by atoms with Crippen LogP contribution in [0.15, 0.2) is 15.7 Å². The lowest BCUT2D eigenvalue weighted by Gasteiger charge is -2.44. The molecule has 3 aliphatic rings. The molecule has 1 atom stereocenters. The first-order valence-corrected chi connectivity index (χ1v) is 8.97. The second-order valence-electron chi connectivity index (χ2n) is 5.34. The Balaban J connectivity index is 1.74. The van der Waals surface area contributed by atoms with Gasteiger partial charge in [0.05, 0.1) is 0 Å². The molecule has 0 radical (unpaired) electrons. The molecule has 19 heavy (non-hydrogen) atoms. The van der Waals surface area contributed by atoms with Gasteiger partial charge in [-0.1, -0.05) is 0 Å². The van der Waals surface area contributed by atoms with Crippen LogP contribution in [0, 0.1) is 5.92 Å². The predicted molar refractivity (Wildman–Crippen MR) is 75.5 cm³/mol. The second kappa shape index (κ2) is 5.14. The number of hydrogen-bond donors (Lipinski definition) is 2. The third kappa shape index (κ3) is 2.71. The fourth-order valence-electron chi connectivity index (χ4n) is 2.96. The highest BCUT2D eigenvalue weighted by atomic mass is 32.2. The molecule has 1 unspecified atom stereocenters. The lowest BCUT2D eigenvalue weighted by molar-refractivity contribution is 0.0827. The van der Waals surface area contributed by atoms with E-state index in [0.717, 1.165) is 38.0 Å². The standard InChI is InChI=1S/C12H19N3O2S2/c13-6-9-5-12(18-8-9)19(16,17)14-11-7-15-3-1-10(11)2-4-15/h5,8,10-11,14H,1-4,6-7,13H2. The SMILES string of the molecule is NCc1csc(S(=O)(=O)NC2CN3CCC2CC3)c1. The van der Waals surface area contributed by atoms with Gasteiger partial charge in [-0.3, -0.25) is 0 Å². The van der Waals surface area contributed by atoms with Gasteiger partial charge < -0.3 is 10.6 Å². The number of rotatable bonds is 4. The summed E-state index contributed by atoms with van der Waals surface area (Å²) in [6.07, 6.45) is 2.21. The van der Waals surface area contributed by atoms with Gasteiger partial charge in [-0.25, -0.2) is 13.1 Å². The van der Waals surface area contributed by atoms with Gasteiger partial charge in [0, 0.05) is 19.1 Å². The molecule has 3 saturated heterocycles. The maximum Gasteiger partial charge on any atom is 0.250 e. The Kier molecular flexibility index (Phi) is 3.65. The van der Waals surface area contributed by atoms with Crippen molar-refractivity contribution < 1.29 is 8.42 Å². The van der Waals surface area contributed by atoms with Gasteiger partial charge >= 0.3 is 0 Å². The Bertz CT molecular complexity index is 547. The molecule has 0 spiro atoms. The molecule has 5 nitrogen and oxygen atoms in total. The fraction of sp³-hybridized carbons (Fsp3) is 0.667. The summed E-state index contributed by atoms with van der Waals surface area (Å²) < 4.78 is 28.0. The van der Waals surface area contributed by atoms with Crippen LogP contribution < -0.4 is 10.5 Å². The summed E-state index contributed by atoms with van der Waals surface area (Å²) in [5.74, 6) is 0.494. The van der Waals surface area contributed by atoms with E-state index in [1.165, 1.54) is 11.3 Å². The molecule has 4 heterocycles. The molecule has 4 rings (SSSR count). The Hall–Kier alpha value is -0.470. The van der Waals surface area contributed by atoms with E-state index in [4.69, 9.17) is 5.73 Å². The molecule has 0 aliphatic carbocycles. The number of thiophene rings is 1. The largest absolute Gasteiger partial charge is 0.326 e. The maximum atomic E-state index is 12.3. The highest BCUT2D eigenvalue weighted by molar-refractivity contribution is 7.91. The van der Waals surface area contributed by atoms with Crippen molar-refractivity contribution in [2.24, 2.45) is 11.7 Å². The molecule has 0 aromatic carbocycles. The quantitative estimate of drug-likeness (QED) is 0.853. The second-order valence-corrected chi connectivity index (χ2v) is 8.20. The Labute approximate surface area is 117 Å². The monoisotopic (exact) mass is 301 g/mol. The number of hydrogen-bond acceptors (Lipinski definition) is 5. The molecule has 7 heteroatoms. The van der Waals surface area contributed by atoms with Crippen molar-refractivity contribution in [3.05, 3.63) is 17.0 Å². The zero-order chi connectivity index (χ0) is 13.5. The van der Waals surface area contributed by atoms with Crippen LogP contribution in [0.5, 0.6) is 0 Å². The maximum absolute atomic E-state index is 12.3. The van der Waals surface area contributed by atoms with Gasteiger partial charge in [0.1, 0.15) is 4.21 Å². The minimum atomic E-state index is -3.39.